The monoisotopic (exact) mass is 322 g/mol. The molecule has 6 heteroatoms. The van der Waals surface area contributed by atoms with E-state index in [0.717, 1.165) is 5.56 Å². The number of fused-ring (bicyclic) bond motifs is 1. The Bertz CT molecular complexity index is 696. The van der Waals surface area contributed by atoms with Crippen LogP contribution < -0.4 is 5.32 Å². The summed E-state index contributed by atoms with van der Waals surface area (Å²) in [6, 6.07) is 3.78. The number of amides is 2. The lowest BCUT2D eigenvalue weighted by molar-refractivity contribution is 0.162. The highest BCUT2D eigenvalue weighted by Gasteiger charge is 2.20. The molecule has 0 fully saturated rings. The Morgan fingerprint density at radius 3 is 2.78 bits per heavy atom. The molecule has 2 amide bonds. The van der Waals surface area contributed by atoms with Crippen molar-refractivity contribution in [1.29, 1.82) is 0 Å². The van der Waals surface area contributed by atoms with E-state index < -0.39 is 6.10 Å². The van der Waals surface area contributed by atoms with Gasteiger partial charge in [-0.1, -0.05) is 0 Å². The molecule has 0 saturated carbocycles. The molecule has 0 spiro atoms. The molecule has 0 aliphatic rings. The Labute approximate surface area is 135 Å². The predicted octanol–water partition coefficient (Wildman–Crippen LogP) is 3.35. The van der Waals surface area contributed by atoms with Crippen LogP contribution in [0.4, 0.5) is 9.18 Å². The summed E-state index contributed by atoms with van der Waals surface area (Å²) >= 11 is 0. The number of aliphatic hydroxyl groups excluding tert-OH is 1. The summed E-state index contributed by atoms with van der Waals surface area (Å²) in [5, 5.41) is 12.8. The average Bonchev–Trinajstić information content (AvgIpc) is 2.81. The Kier molecular flexibility index (Phi) is 5.26. The van der Waals surface area contributed by atoms with Gasteiger partial charge in [-0.05, 0) is 45.4 Å². The Morgan fingerprint density at radius 1 is 1.43 bits per heavy atom. The van der Waals surface area contributed by atoms with E-state index in [1.165, 1.54) is 17.0 Å². The van der Waals surface area contributed by atoms with Crippen molar-refractivity contribution < 1.29 is 18.7 Å². The summed E-state index contributed by atoms with van der Waals surface area (Å²) in [5.41, 5.74) is 1.42. The van der Waals surface area contributed by atoms with E-state index in [4.69, 9.17) is 4.42 Å². The van der Waals surface area contributed by atoms with Gasteiger partial charge in [0.1, 0.15) is 17.2 Å². The van der Waals surface area contributed by atoms with Gasteiger partial charge < -0.3 is 19.7 Å². The second-order valence-electron chi connectivity index (χ2n) is 5.96. The molecule has 23 heavy (non-hydrogen) atoms. The second kappa shape index (κ2) is 7.00. The number of rotatable bonds is 5. The number of aliphatic hydroxyl groups is 1. The zero-order chi connectivity index (χ0) is 17.1. The molecule has 0 radical (unpaired) electrons. The molecule has 2 aromatic rings. The van der Waals surface area contributed by atoms with E-state index in [-0.39, 0.29) is 17.9 Å². The van der Waals surface area contributed by atoms with E-state index in [1.54, 1.807) is 20.0 Å². The van der Waals surface area contributed by atoms with Crippen LogP contribution in [0.3, 0.4) is 0 Å². The van der Waals surface area contributed by atoms with Gasteiger partial charge >= 0.3 is 6.03 Å². The molecule has 2 N–H and O–H groups in total. The normalized spacial score (nSPS) is 13.8. The summed E-state index contributed by atoms with van der Waals surface area (Å²) in [6.45, 7) is 5.81. The number of benzene rings is 1. The van der Waals surface area contributed by atoms with Crippen molar-refractivity contribution in [2.75, 3.05) is 13.6 Å². The summed E-state index contributed by atoms with van der Waals surface area (Å²) in [4.78, 5) is 13.7. The molecule has 0 aliphatic heterocycles. The predicted molar refractivity (Wildman–Crippen MR) is 86.8 cm³/mol. The average molecular weight is 322 g/mol. The van der Waals surface area contributed by atoms with Crippen LogP contribution in [0.2, 0.25) is 0 Å². The van der Waals surface area contributed by atoms with E-state index in [9.17, 15) is 14.3 Å². The molecule has 0 saturated heterocycles. The number of carbonyl (C=O) groups excluding carboxylic acids is 1. The van der Waals surface area contributed by atoms with Gasteiger partial charge in [0.25, 0.3) is 0 Å². The third-order valence-electron chi connectivity index (χ3n) is 3.90. The Hall–Kier alpha value is -2.08. The van der Waals surface area contributed by atoms with E-state index >= 15 is 0 Å². The summed E-state index contributed by atoms with van der Waals surface area (Å²) in [6.07, 6.45) is 0.0662. The highest BCUT2D eigenvalue weighted by atomic mass is 19.1. The van der Waals surface area contributed by atoms with Crippen molar-refractivity contribution in [2.45, 2.75) is 39.3 Å². The molecule has 2 unspecified atom stereocenters. The van der Waals surface area contributed by atoms with Gasteiger partial charge in [-0.25, -0.2) is 9.18 Å². The molecule has 1 aromatic carbocycles. The standard InChI is InChI=1S/C17H23FN2O3/c1-10(21)7-8-20(4)17(22)19-12(3)16-11(2)14-9-13(18)5-6-15(14)23-16/h5-6,9-10,12,21H,7-8H2,1-4H3,(H,19,22). The molecule has 5 nitrogen and oxygen atoms in total. The van der Waals surface area contributed by atoms with Crippen LogP contribution in [0, 0.1) is 12.7 Å². The highest BCUT2D eigenvalue weighted by Crippen LogP contribution is 2.29. The molecular formula is C17H23FN2O3. The topological polar surface area (TPSA) is 65.7 Å². The first-order valence-electron chi connectivity index (χ1n) is 7.67. The Balaban J connectivity index is 2.10. The number of nitrogens with zero attached hydrogens (tertiary/aromatic N) is 1. The number of nitrogens with one attached hydrogen (secondary N) is 1. The van der Waals surface area contributed by atoms with Crippen molar-refractivity contribution in [3.05, 3.63) is 35.3 Å². The number of furan rings is 1. The third-order valence-corrected chi connectivity index (χ3v) is 3.90. The fraction of sp³-hybridized carbons (Fsp3) is 0.471. The smallest absolute Gasteiger partial charge is 0.317 e. The fourth-order valence-electron chi connectivity index (χ4n) is 2.47. The van der Waals surface area contributed by atoms with E-state index in [0.29, 0.717) is 29.7 Å². The molecule has 0 bridgehead atoms. The minimum Gasteiger partial charge on any atom is -0.459 e. The summed E-state index contributed by atoms with van der Waals surface area (Å²) in [5.74, 6) is 0.297. The zero-order valence-electron chi connectivity index (χ0n) is 13.9. The highest BCUT2D eigenvalue weighted by molar-refractivity contribution is 5.82. The number of hydrogen-bond donors (Lipinski definition) is 2. The number of halogens is 1. The maximum Gasteiger partial charge on any atom is 0.317 e. The van der Waals surface area contributed by atoms with Crippen LogP contribution in [-0.2, 0) is 0 Å². The lowest BCUT2D eigenvalue weighted by atomic mass is 10.1. The van der Waals surface area contributed by atoms with Crippen LogP contribution >= 0.6 is 0 Å². The van der Waals surface area contributed by atoms with Crippen molar-refractivity contribution in [3.8, 4) is 0 Å². The molecule has 1 heterocycles. The van der Waals surface area contributed by atoms with Gasteiger partial charge in [0, 0.05) is 24.5 Å². The van der Waals surface area contributed by atoms with Crippen LogP contribution in [0.25, 0.3) is 11.0 Å². The molecule has 126 valence electrons. The van der Waals surface area contributed by atoms with Crippen molar-refractivity contribution in [1.82, 2.24) is 10.2 Å². The second-order valence-corrected chi connectivity index (χ2v) is 5.96. The molecule has 2 rings (SSSR count). The fourth-order valence-corrected chi connectivity index (χ4v) is 2.47. The maximum absolute atomic E-state index is 13.4. The van der Waals surface area contributed by atoms with Crippen LogP contribution in [0.15, 0.2) is 22.6 Å². The van der Waals surface area contributed by atoms with E-state index in [2.05, 4.69) is 5.32 Å². The molecule has 0 aliphatic carbocycles. The van der Waals surface area contributed by atoms with Gasteiger partial charge in [-0.2, -0.15) is 0 Å². The van der Waals surface area contributed by atoms with Crippen molar-refractivity contribution >= 4 is 17.0 Å². The van der Waals surface area contributed by atoms with Crippen LogP contribution in [0.5, 0.6) is 0 Å². The largest absolute Gasteiger partial charge is 0.459 e. The summed E-state index contributed by atoms with van der Waals surface area (Å²) in [7, 11) is 1.67. The first-order chi connectivity index (χ1) is 10.8. The number of aryl methyl sites for hydroxylation is 1. The van der Waals surface area contributed by atoms with Crippen LogP contribution in [0.1, 0.15) is 37.6 Å². The van der Waals surface area contributed by atoms with Gasteiger partial charge in [0.15, 0.2) is 0 Å². The first kappa shape index (κ1) is 17.3. The van der Waals surface area contributed by atoms with Gasteiger partial charge in [0.05, 0.1) is 12.1 Å². The third kappa shape index (κ3) is 4.01. The Morgan fingerprint density at radius 2 is 2.13 bits per heavy atom. The van der Waals surface area contributed by atoms with Crippen molar-refractivity contribution in [3.63, 3.8) is 0 Å². The molecule has 1 aromatic heterocycles. The van der Waals surface area contributed by atoms with E-state index in [1.807, 2.05) is 13.8 Å². The van der Waals surface area contributed by atoms with Gasteiger partial charge in [-0.3, -0.25) is 0 Å². The van der Waals surface area contributed by atoms with Crippen LogP contribution in [-0.4, -0.2) is 35.7 Å². The quantitative estimate of drug-likeness (QED) is 0.887. The summed E-state index contributed by atoms with van der Waals surface area (Å²) < 4.78 is 19.1. The maximum atomic E-state index is 13.4. The van der Waals surface area contributed by atoms with Crippen molar-refractivity contribution in [2.24, 2.45) is 0 Å². The lowest BCUT2D eigenvalue weighted by Gasteiger charge is -2.21. The first-order valence-corrected chi connectivity index (χ1v) is 7.67. The van der Waals surface area contributed by atoms with Gasteiger partial charge in [0.2, 0.25) is 0 Å². The minimum atomic E-state index is -0.449. The zero-order valence-corrected chi connectivity index (χ0v) is 13.9. The number of carbonyl (C=O) groups is 1. The molecular weight excluding hydrogens is 299 g/mol. The minimum absolute atomic E-state index is 0.246. The SMILES string of the molecule is Cc1c(C(C)NC(=O)N(C)CCC(C)O)oc2ccc(F)cc12. The molecule has 2 atom stereocenters. The number of urea groups is 1. The lowest BCUT2D eigenvalue weighted by Crippen LogP contribution is -2.39. The van der Waals surface area contributed by atoms with Gasteiger partial charge in [-0.15, -0.1) is 0 Å². The number of hydrogen-bond acceptors (Lipinski definition) is 3.